The van der Waals surface area contributed by atoms with E-state index in [1.54, 1.807) is 6.92 Å². The molecule has 0 aliphatic heterocycles. The highest BCUT2D eigenvalue weighted by atomic mass is 16.3. The van der Waals surface area contributed by atoms with E-state index in [9.17, 15) is 9.59 Å². The first-order chi connectivity index (χ1) is 12.5. The molecule has 0 radical (unpaired) electrons. The number of nitrogens with zero attached hydrogens (tertiary/aromatic N) is 1. The van der Waals surface area contributed by atoms with E-state index in [1.807, 2.05) is 6.92 Å². The summed E-state index contributed by atoms with van der Waals surface area (Å²) in [5, 5.41) is 3.18. The van der Waals surface area contributed by atoms with Crippen LogP contribution in [0.1, 0.15) is 58.6 Å². The summed E-state index contributed by atoms with van der Waals surface area (Å²) in [6.07, 6.45) is 5.95. The molecule has 1 aliphatic rings. The van der Waals surface area contributed by atoms with Crippen LogP contribution in [0, 0.1) is 6.92 Å². The summed E-state index contributed by atoms with van der Waals surface area (Å²) >= 11 is 0. The number of carbonyl (C=O) groups excluding carboxylic acids is 1. The molecule has 1 amide bonds. The summed E-state index contributed by atoms with van der Waals surface area (Å²) in [5.74, 6) is 0.0595. The van der Waals surface area contributed by atoms with Crippen molar-refractivity contribution in [1.82, 2.24) is 15.3 Å². The van der Waals surface area contributed by atoms with Gasteiger partial charge in [0.05, 0.1) is 17.9 Å². The van der Waals surface area contributed by atoms with E-state index < -0.39 is 0 Å². The largest absolute Gasteiger partial charge is 0.442 e. The Morgan fingerprint density at radius 2 is 2.04 bits per heavy atom. The second-order valence-corrected chi connectivity index (χ2v) is 6.88. The van der Waals surface area contributed by atoms with Crippen LogP contribution >= 0.6 is 0 Å². The van der Waals surface area contributed by atoms with Crippen LogP contribution in [-0.2, 0) is 12.8 Å². The highest BCUT2D eigenvalue weighted by molar-refractivity contribution is 6.06. The van der Waals surface area contributed by atoms with Gasteiger partial charge in [0.1, 0.15) is 11.1 Å². The number of hydrogen-bond acceptors (Lipinski definition) is 4. The van der Waals surface area contributed by atoms with Crippen LogP contribution in [-0.4, -0.2) is 15.9 Å². The van der Waals surface area contributed by atoms with Crippen molar-refractivity contribution in [2.24, 2.45) is 0 Å². The maximum atomic E-state index is 12.8. The maximum Gasteiger partial charge on any atom is 0.262 e. The second kappa shape index (κ2) is 6.44. The van der Waals surface area contributed by atoms with Gasteiger partial charge in [-0.1, -0.05) is 18.2 Å². The molecule has 0 bridgehead atoms. The Labute approximate surface area is 150 Å². The predicted octanol–water partition coefficient (Wildman–Crippen LogP) is 3.19. The summed E-state index contributed by atoms with van der Waals surface area (Å²) < 4.78 is 5.47. The molecule has 1 aromatic carbocycles. The van der Waals surface area contributed by atoms with Crippen molar-refractivity contribution in [2.45, 2.75) is 45.6 Å². The number of fused-ring (bicyclic) bond motifs is 2. The Hall–Kier alpha value is -2.89. The lowest BCUT2D eigenvalue weighted by atomic mass is 9.89. The molecule has 0 spiro atoms. The fourth-order valence-electron chi connectivity index (χ4n) is 3.70. The molecule has 3 aromatic rings. The first-order valence-electron chi connectivity index (χ1n) is 8.94. The molecule has 26 heavy (non-hydrogen) atoms. The first kappa shape index (κ1) is 16.6. The zero-order valence-electron chi connectivity index (χ0n) is 14.9. The lowest BCUT2D eigenvalue weighted by molar-refractivity contribution is 0.0939. The number of aromatic nitrogens is 2. The third-order valence-corrected chi connectivity index (χ3v) is 5.12. The monoisotopic (exact) mass is 351 g/mol. The summed E-state index contributed by atoms with van der Waals surface area (Å²) in [4.78, 5) is 31.4. The normalized spacial score (nSPS) is 14.8. The summed E-state index contributed by atoms with van der Waals surface area (Å²) in [6, 6.07) is 6.26. The van der Waals surface area contributed by atoms with Gasteiger partial charge < -0.3 is 14.7 Å². The van der Waals surface area contributed by atoms with Gasteiger partial charge in [0.25, 0.3) is 11.5 Å². The molecule has 0 saturated carbocycles. The average Bonchev–Trinajstić information content (AvgIpc) is 2.98. The maximum absolute atomic E-state index is 12.8. The van der Waals surface area contributed by atoms with Crippen molar-refractivity contribution in [2.75, 3.05) is 0 Å². The molecule has 2 heterocycles. The van der Waals surface area contributed by atoms with Gasteiger partial charge in [-0.15, -0.1) is 0 Å². The number of H-pyrrole nitrogens is 1. The molecule has 6 nitrogen and oxygen atoms in total. The number of aryl methyl sites for hydroxylation is 3. The smallest absolute Gasteiger partial charge is 0.262 e. The van der Waals surface area contributed by atoms with Crippen molar-refractivity contribution in [3.8, 4) is 0 Å². The molecule has 2 aromatic heterocycles. The third-order valence-electron chi connectivity index (χ3n) is 5.12. The quantitative estimate of drug-likeness (QED) is 0.758. The number of rotatable bonds is 3. The van der Waals surface area contributed by atoms with Gasteiger partial charge >= 0.3 is 0 Å². The van der Waals surface area contributed by atoms with Crippen molar-refractivity contribution in [3.63, 3.8) is 0 Å². The molecule has 6 heteroatoms. The topological polar surface area (TPSA) is 88.0 Å². The summed E-state index contributed by atoms with van der Waals surface area (Å²) in [6.45, 7) is 3.61. The Kier molecular flexibility index (Phi) is 4.11. The van der Waals surface area contributed by atoms with E-state index in [4.69, 9.17) is 4.42 Å². The van der Waals surface area contributed by atoms with Crippen LogP contribution in [0.15, 0.2) is 33.7 Å². The van der Waals surface area contributed by atoms with Crippen LogP contribution in [0.2, 0.25) is 0 Å². The van der Waals surface area contributed by atoms with E-state index in [0.29, 0.717) is 5.76 Å². The molecular weight excluding hydrogens is 330 g/mol. The Balaban J connectivity index is 1.63. The van der Waals surface area contributed by atoms with E-state index in [2.05, 4.69) is 33.5 Å². The number of aromatic amines is 1. The molecule has 134 valence electrons. The van der Waals surface area contributed by atoms with Gasteiger partial charge in [-0.25, -0.2) is 4.98 Å². The van der Waals surface area contributed by atoms with Crippen LogP contribution in [0.5, 0.6) is 0 Å². The molecule has 0 unspecified atom stereocenters. The highest BCUT2D eigenvalue weighted by Crippen LogP contribution is 2.26. The van der Waals surface area contributed by atoms with E-state index in [1.165, 1.54) is 30.3 Å². The highest BCUT2D eigenvalue weighted by Gasteiger charge is 2.23. The minimum atomic E-state index is -0.376. The number of nitrogens with one attached hydrogen (secondary N) is 2. The van der Waals surface area contributed by atoms with E-state index in [-0.39, 0.29) is 34.2 Å². The molecular formula is C20H21N3O3. The zero-order chi connectivity index (χ0) is 18.3. The van der Waals surface area contributed by atoms with Crippen molar-refractivity contribution < 1.29 is 9.21 Å². The van der Waals surface area contributed by atoms with Gasteiger partial charge in [-0.2, -0.15) is 0 Å². The molecule has 2 N–H and O–H groups in total. The fourth-order valence-corrected chi connectivity index (χ4v) is 3.70. The lowest BCUT2D eigenvalue weighted by Gasteiger charge is -2.20. The summed E-state index contributed by atoms with van der Waals surface area (Å²) in [7, 11) is 0. The van der Waals surface area contributed by atoms with Crippen molar-refractivity contribution in [1.29, 1.82) is 0 Å². The minimum Gasteiger partial charge on any atom is -0.442 e. The Morgan fingerprint density at radius 1 is 1.27 bits per heavy atom. The molecule has 1 aliphatic carbocycles. The number of amides is 1. The Bertz CT molecular complexity index is 1050. The standard InChI is InChI=1S/C20H21N3O3/c1-11(14-8-7-13-5-3-4-6-15(13)9-14)23-19(25)16-12(2)26-20-17(16)18(24)21-10-22-20/h7-11H,3-6H2,1-2H3,(H,23,25)(H,21,22,24)/t11-/m0/s1. The zero-order valence-corrected chi connectivity index (χ0v) is 14.9. The van der Waals surface area contributed by atoms with Gasteiger partial charge in [-0.3, -0.25) is 9.59 Å². The van der Waals surface area contributed by atoms with E-state index in [0.717, 1.165) is 18.4 Å². The third kappa shape index (κ3) is 2.81. The van der Waals surface area contributed by atoms with Crippen molar-refractivity contribution in [3.05, 3.63) is 62.9 Å². The van der Waals surface area contributed by atoms with Crippen molar-refractivity contribution >= 4 is 17.0 Å². The van der Waals surface area contributed by atoms with Crippen LogP contribution in [0.4, 0.5) is 0 Å². The molecule has 0 fully saturated rings. The SMILES string of the molecule is Cc1oc2nc[nH]c(=O)c2c1C(=O)N[C@@H](C)c1ccc2c(c1)CCCC2. The predicted molar refractivity (Wildman–Crippen MR) is 98.3 cm³/mol. The van der Waals surface area contributed by atoms with Gasteiger partial charge in [-0.05, 0) is 56.2 Å². The lowest BCUT2D eigenvalue weighted by Crippen LogP contribution is -2.28. The molecule has 4 rings (SSSR count). The van der Waals surface area contributed by atoms with E-state index >= 15 is 0 Å². The van der Waals surface area contributed by atoms with Crippen LogP contribution in [0.25, 0.3) is 11.1 Å². The van der Waals surface area contributed by atoms with Crippen LogP contribution in [0.3, 0.4) is 0 Å². The summed E-state index contributed by atoms with van der Waals surface area (Å²) in [5.41, 5.74) is 3.90. The number of carbonyl (C=O) groups is 1. The average molecular weight is 351 g/mol. The van der Waals surface area contributed by atoms with Gasteiger partial charge in [0.2, 0.25) is 5.71 Å². The number of benzene rings is 1. The Morgan fingerprint density at radius 3 is 2.85 bits per heavy atom. The fraction of sp³-hybridized carbons (Fsp3) is 0.350. The molecule has 1 atom stereocenters. The minimum absolute atomic E-state index is 0.171. The molecule has 0 saturated heterocycles. The second-order valence-electron chi connectivity index (χ2n) is 6.88. The number of furan rings is 1. The number of hydrogen-bond donors (Lipinski definition) is 2. The van der Waals surface area contributed by atoms with Gasteiger partial charge in [0, 0.05) is 0 Å². The van der Waals surface area contributed by atoms with Crippen LogP contribution < -0.4 is 10.9 Å². The first-order valence-corrected chi connectivity index (χ1v) is 8.94. The van der Waals surface area contributed by atoms with Gasteiger partial charge in [0.15, 0.2) is 0 Å².